The third-order valence-electron chi connectivity index (χ3n) is 7.13. The van der Waals surface area contributed by atoms with Crippen molar-refractivity contribution in [3.63, 3.8) is 0 Å². The SMILES string of the molecule is CCCCC/C=C\C/C=C\CCCCCCCC(=O)OC(CCCCCC)CCCCCCC(=O)NCC(=O)O. The summed E-state index contributed by atoms with van der Waals surface area (Å²) < 4.78 is 5.88. The maximum atomic E-state index is 12.5. The van der Waals surface area contributed by atoms with Crippen molar-refractivity contribution in [2.75, 3.05) is 6.54 Å². The predicted octanol–water partition coefficient (Wildman–Crippen LogP) is 9.22. The summed E-state index contributed by atoms with van der Waals surface area (Å²) in [6, 6.07) is 0. The van der Waals surface area contributed by atoms with E-state index in [0.717, 1.165) is 70.6 Å². The van der Waals surface area contributed by atoms with Crippen LogP contribution in [0.1, 0.15) is 162 Å². The lowest BCUT2D eigenvalue weighted by atomic mass is 10.0. The zero-order chi connectivity index (χ0) is 29.5. The summed E-state index contributed by atoms with van der Waals surface area (Å²) >= 11 is 0. The van der Waals surface area contributed by atoms with Gasteiger partial charge in [-0.2, -0.15) is 0 Å². The van der Waals surface area contributed by atoms with E-state index in [1.807, 2.05) is 0 Å². The first kappa shape index (κ1) is 37.9. The van der Waals surface area contributed by atoms with Crippen molar-refractivity contribution < 1.29 is 24.2 Å². The molecule has 0 aromatic rings. The van der Waals surface area contributed by atoms with Crippen LogP contribution in [0.3, 0.4) is 0 Å². The second-order valence-electron chi connectivity index (χ2n) is 11.1. The van der Waals surface area contributed by atoms with Gasteiger partial charge < -0.3 is 15.2 Å². The third-order valence-corrected chi connectivity index (χ3v) is 7.13. The smallest absolute Gasteiger partial charge is 0.322 e. The maximum Gasteiger partial charge on any atom is 0.322 e. The van der Waals surface area contributed by atoms with Gasteiger partial charge in [-0.15, -0.1) is 0 Å². The van der Waals surface area contributed by atoms with Crippen LogP contribution in [0.15, 0.2) is 24.3 Å². The highest BCUT2D eigenvalue weighted by Crippen LogP contribution is 2.17. The molecule has 0 heterocycles. The molecule has 0 aliphatic rings. The van der Waals surface area contributed by atoms with Crippen molar-refractivity contribution in [2.45, 2.75) is 168 Å². The Morgan fingerprint density at radius 1 is 0.650 bits per heavy atom. The van der Waals surface area contributed by atoms with Crippen LogP contribution in [0.2, 0.25) is 0 Å². The molecule has 6 nitrogen and oxygen atoms in total. The lowest BCUT2D eigenvalue weighted by molar-refractivity contribution is -0.150. The molecular formula is C34H61NO5. The topological polar surface area (TPSA) is 92.7 Å². The van der Waals surface area contributed by atoms with Crippen LogP contribution in [0.25, 0.3) is 0 Å². The Morgan fingerprint density at radius 3 is 1.77 bits per heavy atom. The van der Waals surface area contributed by atoms with Gasteiger partial charge in [0.2, 0.25) is 5.91 Å². The summed E-state index contributed by atoms with van der Waals surface area (Å²) in [5.41, 5.74) is 0. The number of unbranched alkanes of at least 4 members (excludes halogenated alkanes) is 14. The Labute approximate surface area is 245 Å². The Kier molecular flexibility index (Phi) is 28.3. The first-order valence-corrected chi connectivity index (χ1v) is 16.5. The van der Waals surface area contributed by atoms with Crippen LogP contribution in [0, 0.1) is 0 Å². The van der Waals surface area contributed by atoms with Gasteiger partial charge in [0.25, 0.3) is 0 Å². The standard InChI is InChI=1S/C34H61NO5/c1-3-5-7-9-10-11-12-13-14-15-16-17-18-19-25-29-34(39)40-31(26-22-8-6-4-2)27-23-20-21-24-28-32(36)35-30-33(37)38/h10-11,13-14,31H,3-9,12,15-30H2,1-2H3,(H,35,36)(H,37,38)/b11-10-,14-13-. The molecule has 1 unspecified atom stereocenters. The molecule has 0 aromatic carbocycles. The maximum absolute atomic E-state index is 12.5. The summed E-state index contributed by atoms with van der Waals surface area (Å²) in [6.07, 6.45) is 33.1. The average Bonchev–Trinajstić information content (AvgIpc) is 2.93. The van der Waals surface area contributed by atoms with Crippen molar-refractivity contribution in [1.82, 2.24) is 5.32 Å². The number of allylic oxidation sites excluding steroid dienone is 4. The van der Waals surface area contributed by atoms with Gasteiger partial charge in [0.1, 0.15) is 12.6 Å². The molecule has 0 aliphatic heterocycles. The molecule has 0 spiro atoms. The van der Waals surface area contributed by atoms with E-state index >= 15 is 0 Å². The minimum atomic E-state index is -1.02. The molecule has 40 heavy (non-hydrogen) atoms. The third kappa shape index (κ3) is 28.9. The van der Waals surface area contributed by atoms with Gasteiger partial charge in [-0.25, -0.2) is 0 Å². The monoisotopic (exact) mass is 563 g/mol. The Hall–Kier alpha value is -2.11. The number of amides is 1. The van der Waals surface area contributed by atoms with Crippen molar-refractivity contribution >= 4 is 17.8 Å². The van der Waals surface area contributed by atoms with Crippen LogP contribution in [-0.2, 0) is 19.1 Å². The second kappa shape index (κ2) is 29.9. The van der Waals surface area contributed by atoms with Crippen LogP contribution < -0.4 is 5.32 Å². The fraction of sp³-hybridized carbons (Fsp3) is 0.794. The van der Waals surface area contributed by atoms with E-state index in [1.165, 1.54) is 64.2 Å². The number of hydrogen-bond donors (Lipinski definition) is 2. The van der Waals surface area contributed by atoms with E-state index in [0.29, 0.717) is 12.8 Å². The fourth-order valence-electron chi connectivity index (χ4n) is 4.66. The van der Waals surface area contributed by atoms with Crippen LogP contribution >= 0.6 is 0 Å². The Bertz CT molecular complexity index is 673. The molecule has 232 valence electrons. The molecule has 0 saturated carbocycles. The van der Waals surface area contributed by atoms with E-state index in [9.17, 15) is 14.4 Å². The average molecular weight is 564 g/mol. The number of carboxylic acid groups (broad SMARTS) is 1. The molecule has 1 atom stereocenters. The number of hydrogen-bond acceptors (Lipinski definition) is 4. The molecule has 0 aromatic heterocycles. The number of carboxylic acids is 1. The largest absolute Gasteiger partial charge is 0.480 e. The van der Waals surface area contributed by atoms with Gasteiger partial charge in [-0.3, -0.25) is 14.4 Å². The highest BCUT2D eigenvalue weighted by atomic mass is 16.5. The molecule has 6 heteroatoms. The molecule has 0 radical (unpaired) electrons. The number of rotatable bonds is 29. The molecule has 0 saturated heterocycles. The van der Waals surface area contributed by atoms with E-state index in [2.05, 4.69) is 43.5 Å². The van der Waals surface area contributed by atoms with Crippen molar-refractivity contribution in [3.8, 4) is 0 Å². The number of aliphatic carboxylic acids is 1. The van der Waals surface area contributed by atoms with Crippen LogP contribution in [-0.4, -0.2) is 35.6 Å². The normalized spacial score (nSPS) is 12.2. The van der Waals surface area contributed by atoms with Gasteiger partial charge in [0.15, 0.2) is 0 Å². The second-order valence-corrected chi connectivity index (χ2v) is 11.1. The Morgan fingerprint density at radius 2 is 1.15 bits per heavy atom. The zero-order valence-electron chi connectivity index (χ0n) is 25.9. The molecule has 0 bridgehead atoms. The first-order valence-electron chi connectivity index (χ1n) is 16.5. The van der Waals surface area contributed by atoms with E-state index < -0.39 is 5.97 Å². The zero-order valence-corrected chi connectivity index (χ0v) is 25.9. The quantitative estimate of drug-likeness (QED) is 0.0537. The van der Waals surface area contributed by atoms with E-state index in [1.54, 1.807) is 0 Å². The summed E-state index contributed by atoms with van der Waals surface area (Å²) in [5.74, 6) is -1.29. The van der Waals surface area contributed by atoms with Crippen molar-refractivity contribution in [1.29, 1.82) is 0 Å². The molecule has 0 aliphatic carbocycles. The molecule has 1 amide bonds. The van der Waals surface area contributed by atoms with E-state index in [-0.39, 0.29) is 24.5 Å². The summed E-state index contributed by atoms with van der Waals surface area (Å²) in [5, 5.41) is 11.0. The number of nitrogens with one attached hydrogen (secondary N) is 1. The van der Waals surface area contributed by atoms with Crippen molar-refractivity contribution in [3.05, 3.63) is 24.3 Å². The van der Waals surface area contributed by atoms with Gasteiger partial charge in [0.05, 0.1) is 0 Å². The summed E-state index contributed by atoms with van der Waals surface area (Å²) in [4.78, 5) is 34.6. The highest BCUT2D eigenvalue weighted by Gasteiger charge is 2.14. The predicted molar refractivity (Wildman–Crippen MR) is 166 cm³/mol. The molecule has 0 rings (SSSR count). The fourth-order valence-corrected chi connectivity index (χ4v) is 4.66. The van der Waals surface area contributed by atoms with Gasteiger partial charge >= 0.3 is 11.9 Å². The van der Waals surface area contributed by atoms with Gasteiger partial charge in [-0.05, 0) is 70.6 Å². The minimum Gasteiger partial charge on any atom is -0.480 e. The van der Waals surface area contributed by atoms with Gasteiger partial charge in [-0.1, -0.05) is 102 Å². The van der Waals surface area contributed by atoms with Crippen molar-refractivity contribution in [2.24, 2.45) is 0 Å². The number of carbonyl (C=O) groups is 3. The Balaban J connectivity index is 3.95. The summed E-state index contributed by atoms with van der Waals surface area (Å²) in [6.45, 7) is 4.12. The summed E-state index contributed by atoms with van der Waals surface area (Å²) in [7, 11) is 0. The number of carbonyl (C=O) groups excluding carboxylic acids is 2. The highest BCUT2D eigenvalue weighted by molar-refractivity contribution is 5.80. The van der Waals surface area contributed by atoms with E-state index in [4.69, 9.17) is 9.84 Å². The lowest BCUT2D eigenvalue weighted by Crippen LogP contribution is -2.28. The van der Waals surface area contributed by atoms with Crippen LogP contribution in [0.4, 0.5) is 0 Å². The van der Waals surface area contributed by atoms with Gasteiger partial charge in [0, 0.05) is 12.8 Å². The minimum absolute atomic E-state index is 0.00111. The molecular weight excluding hydrogens is 502 g/mol. The first-order chi connectivity index (χ1) is 19.5. The number of esters is 1. The molecule has 0 fully saturated rings. The number of ether oxygens (including phenoxy) is 1. The lowest BCUT2D eigenvalue weighted by Gasteiger charge is -2.18. The van der Waals surface area contributed by atoms with Crippen LogP contribution in [0.5, 0.6) is 0 Å². The molecule has 2 N–H and O–H groups in total.